The molecular weight excluding hydrogens is 391 g/mol. The van der Waals surface area contributed by atoms with Gasteiger partial charge >= 0.3 is 0 Å². The molecule has 0 bridgehead atoms. The number of aromatic nitrogens is 6. The zero-order valence-corrected chi connectivity index (χ0v) is 17.5. The summed E-state index contributed by atoms with van der Waals surface area (Å²) in [5.41, 5.74) is 6.49. The summed E-state index contributed by atoms with van der Waals surface area (Å²) >= 11 is 0. The van der Waals surface area contributed by atoms with Gasteiger partial charge in [-0.1, -0.05) is 41.6 Å². The third-order valence-corrected chi connectivity index (χ3v) is 5.54. The van der Waals surface area contributed by atoms with Crippen molar-refractivity contribution in [1.82, 2.24) is 29.5 Å². The van der Waals surface area contributed by atoms with Crippen LogP contribution in [0.5, 0.6) is 0 Å². The topological polar surface area (TPSA) is 61.4 Å². The Balaban J connectivity index is 1.77. The molecule has 5 rings (SSSR count). The van der Waals surface area contributed by atoms with Crippen LogP contribution in [0.3, 0.4) is 0 Å². The second kappa shape index (κ2) is 7.43. The maximum absolute atomic E-state index is 13.6. The average Bonchev–Trinajstić information content (AvgIpc) is 3.28. The number of pyridine rings is 1. The van der Waals surface area contributed by atoms with E-state index < -0.39 is 0 Å². The summed E-state index contributed by atoms with van der Waals surface area (Å²) in [6.45, 7) is 3.93. The first-order valence-corrected chi connectivity index (χ1v) is 10.0. The molecule has 2 aromatic carbocycles. The van der Waals surface area contributed by atoms with Gasteiger partial charge in [-0.2, -0.15) is 0 Å². The molecule has 0 aliphatic rings. The normalized spacial score (nSPS) is 12.4. The first-order valence-electron chi connectivity index (χ1n) is 10.0. The van der Waals surface area contributed by atoms with Gasteiger partial charge in [0.25, 0.3) is 0 Å². The van der Waals surface area contributed by atoms with Crippen molar-refractivity contribution in [2.24, 2.45) is 7.05 Å². The largest absolute Gasteiger partial charge is 0.315 e. The summed E-state index contributed by atoms with van der Waals surface area (Å²) in [5, 5.41) is 8.32. The highest BCUT2D eigenvalue weighted by Gasteiger charge is 2.23. The van der Waals surface area contributed by atoms with Crippen molar-refractivity contribution < 1.29 is 4.39 Å². The van der Waals surface area contributed by atoms with Gasteiger partial charge in [0.05, 0.1) is 34.3 Å². The SMILES string of the molecule is Cc1nnn(C)c1-c1ccc2nc(C)n(C(c3ccccc3)c3ccc(F)cn3)c2c1. The third kappa shape index (κ3) is 3.28. The first kappa shape index (κ1) is 19.1. The van der Waals surface area contributed by atoms with Crippen LogP contribution in [0.15, 0.2) is 66.9 Å². The van der Waals surface area contributed by atoms with E-state index in [-0.39, 0.29) is 11.9 Å². The van der Waals surface area contributed by atoms with Crippen molar-refractivity contribution in [2.75, 3.05) is 0 Å². The monoisotopic (exact) mass is 412 g/mol. The van der Waals surface area contributed by atoms with Crippen molar-refractivity contribution in [3.05, 3.63) is 95.5 Å². The molecule has 0 N–H and O–H groups in total. The molecule has 0 radical (unpaired) electrons. The van der Waals surface area contributed by atoms with Crippen molar-refractivity contribution in [2.45, 2.75) is 19.9 Å². The number of hydrogen-bond acceptors (Lipinski definition) is 4. The quantitative estimate of drug-likeness (QED) is 0.432. The van der Waals surface area contributed by atoms with Gasteiger partial charge in [0, 0.05) is 12.6 Å². The van der Waals surface area contributed by atoms with E-state index in [0.29, 0.717) is 0 Å². The van der Waals surface area contributed by atoms with Crippen molar-refractivity contribution in [1.29, 1.82) is 0 Å². The molecule has 1 unspecified atom stereocenters. The van der Waals surface area contributed by atoms with Crippen LogP contribution >= 0.6 is 0 Å². The fraction of sp³-hybridized carbons (Fsp3) is 0.167. The lowest BCUT2D eigenvalue weighted by Crippen LogP contribution is -2.15. The second-order valence-electron chi connectivity index (χ2n) is 7.59. The van der Waals surface area contributed by atoms with Crippen LogP contribution in [-0.4, -0.2) is 29.5 Å². The number of fused-ring (bicyclic) bond motifs is 1. The number of imidazole rings is 1. The zero-order chi connectivity index (χ0) is 21.5. The fourth-order valence-electron chi connectivity index (χ4n) is 4.18. The van der Waals surface area contributed by atoms with Crippen LogP contribution in [0.2, 0.25) is 0 Å². The van der Waals surface area contributed by atoms with E-state index in [0.717, 1.165) is 45.1 Å². The standard InChI is InChI=1S/C24H21FN6/c1-15-23(30(3)29-28-15)18-9-11-20-22(13-18)31(16(2)27-20)24(17-7-5-4-6-8-17)21-12-10-19(25)14-26-21/h4-14,24H,1-3H3. The maximum Gasteiger partial charge on any atom is 0.141 e. The van der Waals surface area contributed by atoms with Crippen LogP contribution in [-0.2, 0) is 7.05 Å². The molecule has 3 heterocycles. The molecule has 1 atom stereocenters. The highest BCUT2D eigenvalue weighted by atomic mass is 19.1. The van der Waals surface area contributed by atoms with Crippen molar-refractivity contribution in [3.63, 3.8) is 0 Å². The van der Waals surface area contributed by atoms with Crippen LogP contribution in [0.1, 0.15) is 28.8 Å². The Labute approximate surface area is 179 Å². The molecule has 5 aromatic rings. The molecule has 0 spiro atoms. The van der Waals surface area contributed by atoms with Gasteiger partial charge < -0.3 is 4.57 Å². The summed E-state index contributed by atoms with van der Waals surface area (Å²) in [6, 6.07) is 19.2. The number of rotatable bonds is 4. The Morgan fingerprint density at radius 2 is 1.77 bits per heavy atom. The van der Waals surface area contributed by atoms with Crippen LogP contribution in [0.4, 0.5) is 4.39 Å². The smallest absolute Gasteiger partial charge is 0.141 e. The second-order valence-corrected chi connectivity index (χ2v) is 7.59. The molecule has 0 fully saturated rings. The minimum Gasteiger partial charge on any atom is -0.315 e. The van der Waals surface area contributed by atoms with E-state index in [4.69, 9.17) is 4.98 Å². The van der Waals surface area contributed by atoms with E-state index in [1.54, 1.807) is 10.7 Å². The molecule has 7 heteroatoms. The zero-order valence-electron chi connectivity index (χ0n) is 17.5. The highest BCUT2D eigenvalue weighted by molar-refractivity contribution is 5.83. The van der Waals surface area contributed by atoms with Crippen molar-refractivity contribution in [3.8, 4) is 11.3 Å². The van der Waals surface area contributed by atoms with Crippen LogP contribution in [0, 0.1) is 19.7 Å². The molecule has 31 heavy (non-hydrogen) atoms. The van der Waals surface area contributed by atoms with Crippen LogP contribution < -0.4 is 0 Å². The number of nitrogens with zero attached hydrogens (tertiary/aromatic N) is 6. The Hall–Kier alpha value is -3.87. The predicted octanol–water partition coefficient (Wildman–Crippen LogP) is 4.62. The number of benzene rings is 2. The molecule has 6 nitrogen and oxygen atoms in total. The molecule has 0 saturated carbocycles. The van der Waals surface area contributed by atoms with E-state index in [1.165, 1.54) is 12.3 Å². The van der Waals surface area contributed by atoms with Gasteiger partial charge in [-0.15, -0.1) is 5.10 Å². The van der Waals surface area contributed by atoms with E-state index >= 15 is 0 Å². The lowest BCUT2D eigenvalue weighted by Gasteiger charge is -2.21. The van der Waals surface area contributed by atoms with Gasteiger partial charge in [-0.3, -0.25) is 4.98 Å². The average molecular weight is 412 g/mol. The van der Waals surface area contributed by atoms with Gasteiger partial charge in [-0.25, -0.2) is 14.1 Å². The summed E-state index contributed by atoms with van der Waals surface area (Å²) in [5.74, 6) is 0.497. The van der Waals surface area contributed by atoms with E-state index in [9.17, 15) is 4.39 Å². The lowest BCUT2D eigenvalue weighted by atomic mass is 10.0. The Morgan fingerprint density at radius 1 is 0.968 bits per heavy atom. The molecule has 0 saturated heterocycles. The van der Waals surface area contributed by atoms with Gasteiger partial charge in [-0.05, 0) is 43.7 Å². The minimum absolute atomic E-state index is 0.243. The van der Waals surface area contributed by atoms with Gasteiger partial charge in [0.1, 0.15) is 17.7 Å². The minimum atomic E-state index is -0.357. The van der Waals surface area contributed by atoms with E-state index in [1.807, 2.05) is 51.2 Å². The predicted molar refractivity (Wildman–Crippen MR) is 117 cm³/mol. The third-order valence-electron chi connectivity index (χ3n) is 5.54. The van der Waals surface area contributed by atoms with Gasteiger partial charge in [0.2, 0.25) is 0 Å². The summed E-state index contributed by atoms with van der Waals surface area (Å²) in [6.07, 6.45) is 1.26. The van der Waals surface area contributed by atoms with Gasteiger partial charge in [0.15, 0.2) is 0 Å². The number of halogens is 1. The highest BCUT2D eigenvalue weighted by Crippen LogP contribution is 2.33. The molecule has 154 valence electrons. The summed E-state index contributed by atoms with van der Waals surface area (Å²) in [4.78, 5) is 9.20. The van der Waals surface area contributed by atoms with E-state index in [2.05, 4.69) is 38.1 Å². The molecule has 0 aliphatic carbocycles. The Bertz CT molecular complexity index is 1350. The van der Waals surface area contributed by atoms with Crippen LogP contribution in [0.25, 0.3) is 22.3 Å². The molecular formula is C24H21FN6. The Kier molecular flexibility index (Phi) is 4.58. The first-order chi connectivity index (χ1) is 15.0. The lowest BCUT2D eigenvalue weighted by molar-refractivity contribution is 0.607. The summed E-state index contributed by atoms with van der Waals surface area (Å²) in [7, 11) is 1.89. The summed E-state index contributed by atoms with van der Waals surface area (Å²) < 4.78 is 17.6. The molecule has 3 aromatic heterocycles. The molecule has 0 amide bonds. The number of aryl methyl sites for hydroxylation is 3. The fourth-order valence-corrected chi connectivity index (χ4v) is 4.18. The number of hydrogen-bond donors (Lipinski definition) is 0. The Morgan fingerprint density at radius 3 is 2.45 bits per heavy atom. The van der Waals surface area contributed by atoms with Crippen molar-refractivity contribution >= 4 is 11.0 Å². The maximum atomic E-state index is 13.6. The molecule has 0 aliphatic heterocycles.